The molecule has 18 heavy (non-hydrogen) atoms. The van der Waals surface area contributed by atoms with Crippen LogP contribution in [0.5, 0.6) is 0 Å². The maximum absolute atomic E-state index is 11.9. The summed E-state index contributed by atoms with van der Waals surface area (Å²) >= 11 is 5.90. The Balaban J connectivity index is 1.99. The van der Waals surface area contributed by atoms with E-state index >= 15 is 0 Å². The quantitative estimate of drug-likeness (QED) is 0.908. The molecular formula is C13H14ClNO3. The number of rotatable bonds is 4. The zero-order valence-corrected chi connectivity index (χ0v) is 10.7. The minimum absolute atomic E-state index is 0.104. The molecule has 1 N–H and O–H groups in total. The van der Waals surface area contributed by atoms with Crippen LogP contribution in [0.15, 0.2) is 24.3 Å². The molecule has 1 fully saturated rings. The molecule has 0 heterocycles. The zero-order valence-electron chi connectivity index (χ0n) is 9.97. The fraction of sp³-hybridized carbons (Fsp3) is 0.385. The van der Waals surface area contributed by atoms with Gasteiger partial charge in [0.05, 0.1) is 0 Å². The molecule has 5 heteroatoms. The van der Waals surface area contributed by atoms with Crippen LogP contribution in [0.1, 0.15) is 17.9 Å². The van der Waals surface area contributed by atoms with Crippen molar-refractivity contribution in [2.24, 2.45) is 5.92 Å². The second kappa shape index (κ2) is 4.98. The van der Waals surface area contributed by atoms with Gasteiger partial charge in [-0.3, -0.25) is 9.59 Å². The van der Waals surface area contributed by atoms with E-state index in [0.717, 1.165) is 12.0 Å². The molecule has 1 aliphatic carbocycles. The lowest BCUT2D eigenvalue weighted by molar-refractivity contribution is -0.144. The normalized spacial score (nSPS) is 21.4. The first-order chi connectivity index (χ1) is 8.49. The number of likely N-dealkylation sites (N-methyl/N-ethyl adjacent to an activating group) is 1. The van der Waals surface area contributed by atoms with E-state index in [9.17, 15) is 9.59 Å². The van der Waals surface area contributed by atoms with Crippen LogP contribution in [0.2, 0.25) is 5.02 Å². The van der Waals surface area contributed by atoms with Crippen LogP contribution in [-0.2, 0) is 9.59 Å². The number of aliphatic carboxylic acids is 1. The topological polar surface area (TPSA) is 57.6 Å². The average molecular weight is 268 g/mol. The van der Waals surface area contributed by atoms with Crippen LogP contribution in [0.4, 0.5) is 0 Å². The summed E-state index contributed by atoms with van der Waals surface area (Å²) in [7, 11) is 1.52. The summed E-state index contributed by atoms with van der Waals surface area (Å²) in [6.45, 7) is -0.252. The van der Waals surface area contributed by atoms with Crippen molar-refractivity contribution in [3.8, 4) is 0 Å². The van der Waals surface area contributed by atoms with Crippen LogP contribution in [-0.4, -0.2) is 35.5 Å². The van der Waals surface area contributed by atoms with Crippen molar-refractivity contribution in [3.05, 3.63) is 34.9 Å². The highest BCUT2D eigenvalue weighted by Gasteiger charge is 2.45. The summed E-state index contributed by atoms with van der Waals surface area (Å²) < 4.78 is 0. The number of carboxylic acids is 1. The number of carboxylic acid groups (broad SMARTS) is 1. The van der Waals surface area contributed by atoms with E-state index in [2.05, 4.69) is 0 Å². The summed E-state index contributed by atoms with van der Waals surface area (Å²) in [4.78, 5) is 23.7. The lowest BCUT2D eigenvalue weighted by atomic mass is 10.1. The summed E-state index contributed by atoms with van der Waals surface area (Å²) in [6.07, 6.45) is 0.767. The third-order valence-corrected chi connectivity index (χ3v) is 3.37. The molecule has 0 bridgehead atoms. The predicted octanol–water partition coefficient (Wildman–Crippen LogP) is 1.99. The maximum Gasteiger partial charge on any atom is 0.323 e. The summed E-state index contributed by atoms with van der Waals surface area (Å²) in [5, 5.41) is 9.30. The molecular weight excluding hydrogens is 254 g/mol. The first kappa shape index (κ1) is 12.9. The van der Waals surface area contributed by atoms with Gasteiger partial charge in [0.15, 0.2) is 0 Å². The number of benzene rings is 1. The van der Waals surface area contributed by atoms with Crippen molar-refractivity contribution in [3.63, 3.8) is 0 Å². The van der Waals surface area contributed by atoms with Crippen LogP contribution in [0.3, 0.4) is 0 Å². The highest BCUT2D eigenvalue weighted by atomic mass is 35.5. The van der Waals surface area contributed by atoms with Gasteiger partial charge in [0, 0.05) is 18.0 Å². The van der Waals surface area contributed by atoms with Crippen molar-refractivity contribution in [2.45, 2.75) is 12.3 Å². The van der Waals surface area contributed by atoms with Crippen LogP contribution < -0.4 is 0 Å². The summed E-state index contributed by atoms with van der Waals surface area (Å²) in [6, 6.07) is 7.46. The smallest absolute Gasteiger partial charge is 0.323 e. The van der Waals surface area contributed by atoms with E-state index in [0.29, 0.717) is 5.02 Å². The van der Waals surface area contributed by atoms with Gasteiger partial charge in [-0.05, 0) is 30.0 Å². The first-order valence-corrected chi connectivity index (χ1v) is 6.09. The van der Waals surface area contributed by atoms with Gasteiger partial charge in [0.1, 0.15) is 6.54 Å². The molecule has 1 aromatic rings. The van der Waals surface area contributed by atoms with E-state index in [1.807, 2.05) is 18.2 Å². The van der Waals surface area contributed by atoms with Crippen molar-refractivity contribution in [2.75, 3.05) is 13.6 Å². The number of carbonyl (C=O) groups is 2. The van der Waals surface area contributed by atoms with E-state index in [1.165, 1.54) is 11.9 Å². The number of nitrogens with zero attached hydrogens (tertiary/aromatic N) is 1. The first-order valence-electron chi connectivity index (χ1n) is 5.71. The van der Waals surface area contributed by atoms with Gasteiger partial charge in [0.2, 0.25) is 5.91 Å². The van der Waals surface area contributed by atoms with Crippen LogP contribution in [0, 0.1) is 5.92 Å². The molecule has 2 rings (SSSR count). The molecule has 0 saturated heterocycles. The standard InChI is InChI=1S/C13H14ClNO3/c1-15(7-12(16)17)13(18)11-6-10(11)8-3-2-4-9(14)5-8/h2-5,10-11H,6-7H2,1H3,(H,16,17). The average Bonchev–Trinajstić information content (AvgIpc) is 3.07. The highest BCUT2D eigenvalue weighted by Crippen LogP contribution is 2.48. The molecule has 0 aromatic heterocycles. The van der Waals surface area contributed by atoms with Crippen molar-refractivity contribution in [1.82, 2.24) is 4.90 Å². The molecule has 0 aliphatic heterocycles. The van der Waals surface area contributed by atoms with Gasteiger partial charge in [-0.15, -0.1) is 0 Å². The Labute approximate surface area is 110 Å². The van der Waals surface area contributed by atoms with E-state index < -0.39 is 5.97 Å². The van der Waals surface area contributed by atoms with Crippen LogP contribution >= 0.6 is 11.6 Å². The molecule has 1 aromatic carbocycles. The molecule has 0 spiro atoms. The molecule has 96 valence electrons. The third-order valence-electron chi connectivity index (χ3n) is 3.13. The SMILES string of the molecule is CN(CC(=O)O)C(=O)C1CC1c1cccc(Cl)c1. The van der Waals surface area contributed by atoms with Crippen molar-refractivity contribution >= 4 is 23.5 Å². The van der Waals surface area contributed by atoms with E-state index in [4.69, 9.17) is 16.7 Å². The Kier molecular flexibility index (Phi) is 3.57. The predicted molar refractivity (Wildman–Crippen MR) is 67.6 cm³/mol. The minimum atomic E-state index is -0.995. The fourth-order valence-corrected chi connectivity index (χ4v) is 2.34. The molecule has 1 amide bonds. The number of hydrogen-bond acceptors (Lipinski definition) is 2. The molecule has 2 atom stereocenters. The Bertz CT molecular complexity index is 489. The maximum atomic E-state index is 11.9. The molecule has 1 aliphatic rings. The van der Waals surface area contributed by atoms with Gasteiger partial charge < -0.3 is 10.0 Å². The minimum Gasteiger partial charge on any atom is -0.480 e. The highest BCUT2D eigenvalue weighted by molar-refractivity contribution is 6.30. The third kappa shape index (κ3) is 2.82. The van der Waals surface area contributed by atoms with Gasteiger partial charge in [-0.25, -0.2) is 0 Å². The second-order valence-corrected chi connectivity index (χ2v) is 5.03. The van der Waals surface area contributed by atoms with Gasteiger partial charge in [0.25, 0.3) is 0 Å². The largest absolute Gasteiger partial charge is 0.480 e. The monoisotopic (exact) mass is 267 g/mol. The Hall–Kier alpha value is -1.55. The molecule has 0 radical (unpaired) electrons. The molecule has 2 unspecified atom stereocenters. The summed E-state index contributed by atoms with van der Waals surface area (Å²) in [5.74, 6) is -1.03. The zero-order chi connectivity index (χ0) is 13.3. The van der Waals surface area contributed by atoms with Crippen molar-refractivity contribution in [1.29, 1.82) is 0 Å². The second-order valence-electron chi connectivity index (χ2n) is 4.59. The fourth-order valence-electron chi connectivity index (χ4n) is 2.14. The molecule has 1 saturated carbocycles. The number of amides is 1. The lowest BCUT2D eigenvalue weighted by Crippen LogP contribution is -2.33. The Morgan fingerprint density at radius 2 is 2.22 bits per heavy atom. The number of halogens is 1. The van der Waals surface area contributed by atoms with Gasteiger partial charge >= 0.3 is 5.97 Å². The Morgan fingerprint density at radius 1 is 1.50 bits per heavy atom. The van der Waals surface area contributed by atoms with Gasteiger partial charge in [-0.1, -0.05) is 23.7 Å². The van der Waals surface area contributed by atoms with Gasteiger partial charge in [-0.2, -0.15) is 0 Å². The summed E-state index contributed by atoms with van der Waals surface area (Å²) in [5.41, 5.74) is 1.05. The van der Waals surface area contributed by atoms with E-state index in [1.54, 1.807) is 6.07 Å². The van der Waals surface area contributed by atoms with Crippen molar-refractivity contribution < 1.29 is 14.7 Å². The number of carbonyl (C=O) groups excluding carboxylic acids is 1. The lowest BCUT2D eigenvalue weighted by Gasteiger charge is -2.14. The Morgan fingerprint density at radius 3 is 2.83 bits per heavy atom. The van der Waals surface area contributed by atoms with E-state index in [-0.39, 0.29) is 24.3 Å². The number of hydrogen-bond donors (Lipinski definition) is 1. The molecule has 4 nitrogen and oxygen atoms in total. The van der Waals surface area contributed by atoms with Crippen LogP contribution in [0.25, 0.3) is 0 Å².